The zero-order chi connectivity index (χ0) is 15.4. The third kappa shape index (κ3) is 3.73. The number of nitrogens with zero attached hydrogens (tertiary/aromatic N) is 2. The molecular formula is C14H14BrN3O3. The predicted molar refractivity (Wildman–Crippen MR) is 79.8 cm³/mol. The van der Waals surface area contributed by atoms with Gasteiger partial charge in [0.1, 0.15) is 6.07 Å². The van der Waals surface area contributed by atoms with Gasteiger partial charge in [-0.15, -0.1) is 0 Å². The van der Waals surface area contributed by atoms with Crippen LogP contribution in [-0.4, -0.2) is 35.1 Å². The number of hydrogen-bond acceptors (Lipinski definition) is 3. The quantitative estimate of drug-likeness (QED) is 0.856. The minimum absolute atomic E-state index is 0.194. The Hall–Kier alpha value is -2.07. The Kier molecular flexibility index (Phi) is 4.81. The summed E-state index contributed by atoms with van der Waals surface area (Å²) < 4.78 is 0.751. The summed E-state index contributed by atoms with van der Waals surface area (Å²) in [6.07, 6.45) is 1.25. The monoisotopic (exact) mass is 351 g/mol. The Morgan fingerprint density at radius 1 is 1.48 bits per heavy atom. The molecule has 2 amide bonds. The number of carbonyl (C=O) groups excluding carboxylic acids is 1. The molecule has 0 saturated carbocycles. The second-order valence-electron chi connectivity index (χ2n) is 4.86. The lowest BCUT2D eigenvalue weighted by molar-refractivity contribution is -0.143. The van der Waals surface area contributed by atoms with Gasteiger partial charge in [-0.05, 0) is 31.0 Å². The number of hydrogen-bond donors (Lipinski definition) is 2. The first-order chi connectivity index (χ1) is 10.0. The van der Waals surface area contributed by atoms with Crippen molar-refractivity contribution in [2.75, 3.05) is 18.4 Å². The summed E-state index contributed by atoms with van der Waals surface area (Å²) in [6.45, 7) is 0.716. The smallest absolute Gasteiger partial charge is 0.321 e. The summed E-state index contributed by atoms with van der Waals surface area (Å²) in [5.74, 6) is -1.40. The van der Waals surface area contributed by atoms with Crippen molar-refractivity contribution < 1.29 is 14.7 Å². The number of nitrogens with one attached hydrogen (secondary N) is 1. The molecule has 7 heteroatoms. The van der Waals surface area contributed by atoms with Gasteiger partial charge in [0.15, 0.2) is 0 Å². The van der Waals surface area contributed by atoms with E-state index in [0.717, 1.165) is 4.47 Å². The van der Waals surface area contributed by atoms with Gasteiger partial charge in [-0.25, -0.2) is 4.79 Å². The number of aliphatic carboxylic acids is 1. The highest BCUT2D eigenvalue weighted by molar-refractivity contribution is 9.10. The van der Waals surface area contributed by atoms with Crippen LogP contribution in [0.1, 0.15) is 18.4 Å². The molecule has 110 valence electrons. The van der Waals surface area contributed by atoms with Gasteiger partial charge in [0, 0.05) is 17.6 Å². The van der Waals surface area contributed by atoms with Crippen LogP contribution >= 0.6 is 15.9 Å². The summed E-state index contributed by atoms with van der Waals surface area (Å²) in [4.78, 5) is 24.7. The fourth-order valence-corrected chi connectivity index (χ4v) is 2.64. The average molecular weight is 352 g/mol. The fraction of sp³-hybridized carbons (Fsp3) is 0.357. The van der Waals surface area contributed by atoms with Gasteiger partial charge in [0.2, 0.25) is 0 Å². The molecule has 21 heavy (non-hydrogen) atoms. The number of rotatable bonds is 2. The van der Waals surface area contributed by atoms with Crippen LogP contribution in [0, 0.1) is 17.2 Å². The van der Waals surface area contributed by atoms with E-state index >= 15 is 0 Å². The number of carboxylic acid groups (broad SMARTS) is 1. The fourth-order valence-electron chi connectivity index (χ4n) is 2.28. The van der Waals surface area contributed by atoms with Crippen molar-refractivity contribution in [3.63, 3.8) is 0 Å². The molecule has 0 aliphatic carbocycles. The summed E-state index contributed by atoms with van der Waals surface area (Å²) in [5, 5.41) is 20.8. The van der Waals surface area contributed by atoms with Crippen molar-refractivity contribution in [3.05, 3.63) is 28.2 Å². The van der Waals surface area contributed by atoms with Crippen LogP contribution in [0.2, 0.25) is 0 Å². The summed E-state index contributed by atoms with van der Waals surface area (Å²) in [6, 6.07) is 6.62. The van der Waals surface area contributed by atoms with Crippen molar-refractivity contribution in [2.24, 2.45) is 5.92 Å². The highest BCUT2D eigenvalue weighted by Crippen LogP contribution is 2.22. The first-order valence-corrected chi connectivity index (χ1v) is 7.29. The van der Waals surface area contributed by atoms with E-state index in [4.69, 9.17) is 10.4 Å². The van der Waals surface area contributed by atoms with Gasteiger partial charge >= 0.3 is 12.0 Å². The van der Waals surface area contributed by atoms with Crippen molar-refractivity contribution in [1.29, 1.82) is 5.26 Å². The summed E-state index contributed by atoms with van der Waals surface area (Å²) >= 11 is 3.26. The summed E-state index contributed by atoms with van der Waals surface area (Å²) in [5.41, 5.74) is 0.771. The molecule has 0 unspecified atom stereocenters. The first-order valence-electron chi connectivity index (χ1n) is 6.49. The standard InChI is InChI=1S/C14H14BrN3O3/c15-11-3-4-12(10(6-11)7-16)17-14(21)18-5-1-2-9(8-18)13(19)20/h3-4,6,9H,1-2,5,8H2,(H,17,21)(H,19,20)/t9-/m0/s1. The zero-order valence-electron chi connectivity index (χ0n) is 11.2. The van der Waals surface area contributed by atoms with Crippen LogP contribution in [0.4, 0.5) is 10.5 Å². The van der Waals surface area contributed by atoms with E-state index in [9.17, 15) is 9.59 Å². The average Bonchev–Trinajstić information content (AvgIpc) is 2.49. The van der Waals surface area contributed by atoms with Crippen LogP contribution in [0.15, 0.2) is 22.7 Å². The normalized spacial score (nSPS) is 17.9. The lowest BCUT2D eigenvalue weighted by Crippen LogP contribution is -2.44. The van der Waals surface area contributed by atoms with E-state index in [1.54, 1.807) is 18.2 Å². The first kappa shape index (κ1) is 15.3. The lowest BCUT2D eigenvalue weighted by Gasteiger charge is -2.30. The number of urea groups is 1. The molecule has 2 N–H and O–H groups in total. The third-order valence-corrected chi connectivity index (χ3v) is 3.89. The highest BCUT2D eigenvalue weighted by Gasteiger charge is 2.28. The number of benzene rings is 1. The van der Waals surface area contributed by atoms with Crippen LogP contribution < -0.4 is 5.32 Å². The molecule has 1 heterocycles. The van der Waals surface area contributed by atoms with Gasteiger partial charge in [-0.3, -0.25) is 4.79 Å². The van der Waals surface area contributed by atoms with Gasteiger partial charge in [-0.2, -0.15) is 5.26 Å². The van der Waals surface area contributed by atoms with Crippen LogP contribution in [-0.2, 0) is 4.79 Å². The van der Waals surface area contributed by atoms with Gasteiger partial charge < -0.3 is 15.3 Å². The molecule has 1 aromatic rings. The maximum absolute atomic E-state index is 12.2. The van der Waals surface area contributed by atoms with E-state index < -0.39 is 11.9 Å². The van der Waals surface area contributed by atoms with Crippen LogP contribution in [0.25, 0.3) is 0 Å². The Morgan fingerprint density at radius 2 is 2.24 bits per heavy atom. The van der Waals surface area contributed by atoms with Crippen LogP contribution in [0.5, 0.6) is 0 Å². The predicted octanol–water partition coefficient (Wildman–Crippen LogP) is 2.65. The maximum Gasteiger partial charge on any atom is 0.321 e. The summed E-state index contributed by atoms with van der Waals surface area (Å²) in [7, 11) is 0. The largest absolute Gasteiger partial charge is 0.481 e. The molecular weight excluding hydrogens is 338 g/mol. The molecule has 0 spiro atoms. The lowest BCUT2D eigenvalue weighted by atomic mass is 9.99. The Bertz CT molecular complexity index is 612. The molecule has 2 rings (SSSR count). The Balaban J connectivity index is 2.08. The molecule has 0 aromatic heterocycles. The van der Waals surface area contributed by atoms with E-state index in [-0.39, 0.29) is 12.6 Å². The van der Waals surface area contributed by atoms with Crippen molar-refractivity contribution in [1.82, 2.24) is 4.90 Å². The number of halogens is 1. The zero-order valence-corrected chi connectivity index (χ0v) is 12.8. The molecule has 1 aliphatic heterocycles. The van der Waals surface area contributed by atoms with Gasteiger partial charge in [0.25, 0.3) is 0 Å². The van der Waals surface area contributed by atoms with Crippen molar-refractivity contribution in [2.45, 2.75) is 12.8 Å². The minimum atomic E-state index is -0.881. The number of likely N-dealkylation sites (tertiary alicyclic amines) is 1. The molecule has 0 bridgehead atoms. The maximum atomic E-state index is 12.2. The molecule has 1 atom stereocenters. The SMILES string of the molecule is N#Cc1cc(Br)ccc1NC(=O)N1CCC[C@H](C(=O)O)C1. The number of nitriles is 1. The van der Waals surface area contributed by atoms with E-state index in [1.165, 1.54) is 4.90 Å². The number of carbonyl (C=O) groups is 2. The highest BCUT2D eigenvalue weighted by atomic mass is 79.9. The topological polar surface area (TPSA) is 93.4 Å². The third-order valence-electron chi connectivity index (χ3n) is 3.40. The van der Waals surface area contributed by atoms with Crippen molar-refractivity contribution in [3.8, 4) is 6.07 Å². The van der Waals surface area contributed by atoms with Gasteiger partial charge in [-0.1, -0.05) is 15.9 Å². The Labute approximate surface area is 130 Å². The van der Waals surface area contributed by atoms with E-state index in [2.05, 4.69) is 21.2 Å². The molecule has 1 fully saturated rings. The van der Waals surface area contributed by atoms with Gasteiger partial charge in [0.05, 0.1) is 17.2 Å². The molecule has 1 saturated heterocycles. The van der Waals surface area contributed by atoms with Crippen LogP contribution in [0.3, 0.4) is 0 Å². The second kappa shape index (κ2) is 6.59. The molecule has 1 aliphatic rings. The number of carboxylic acids is 1. The molecule has 0 radical (unpaired) electrons. The van der Waals surface area contributed by atoms with E-state index in [0.29, 0.717) is 30.6 Å². The number of amides is 2. The molecule has 1 aromatic carbocycles. The van der Waals surface area contributed by atoms with E-state index in [1.807, 2.05) is 6.07 Å². The van der Waals surface area contributed by atoms with Crippen molar-refractivity contribution >= 4 is 33.6 Å². The molecule has 6 nitrogen and oxygen atoms in total. The minimum Gasteiger partial charge on any atom is -0.481 e. The number of piperidine rings is 1. The second-order valence-corrected chi connectivity index (χ2v) is 5.77. The Morgan fingerprint density at radius 3 is 2.90 bits per heavy atom. The number of anilines is 1.